The zero-order valence-corrected chi connectivity index (χ0v) is 7.90. The fourth-order valence-electron chi connectivity index (χ4n) is 1.49. The van der Waals surface area contributed by atoms with Crippen molar-refractivity contribution in [2.24, 2.45) is 0 Å². The van der Waals surface area contributed by atoms with Gasteiger partial charge in [0.1, 0.15) is 0 Å². The molecule has 0 saturated carbocycles. The monoisotopic (exact) mass is 178 g/mol. The molecule has 1 unspecified atom stereocenters. The number of piperazine rings is 1. The smallest absolute Gasteiger partial charge is 0.0950 e. The Kier molecular flexibility index (Phi) is 3.70. The van der Waals surface area contributed by atoms with Gasteiger partial charge in [-0.25, -0.2) is 0 Å². The molecule has 4 nitrogen and oxygen atoms in total. The molecule has 1 saturated heterocycles. The average molecular weight is 178 g/mol. The standard InChI is InChI=1S/C9H14N4/c1-9(8-11)13-6-4-12(3-2-10)5-7-13/h9H,3-7H2,1H3. The minimum atomic E-state index is 0.00392. The zero-order chi connectivity index (χ0) is 9.68. The molecule has 0 radical (unpaired) electrons. The molecule has 0 bridgehead atoms. The maximum Gasteiger partial charge on any atom is 0.0950 e. The molecule has 70 valence electrons. The van der Waals surface area contributed by atoms with Crippen molar-refractivity contribution in [3.05, 3.63) is 0 Å². The topological polar surface area (TPSA) is 54.1 Å². The molecule has 1 aliphatic rings. The van der Waals surface area contributed by atoms with Gasteiger partial charge in [0.2, 0.25) is 0 Å². The summed E-state index contributed by atoms with van der Waals surface area (Å²) in [6, 6.07) is 4.37. The Balaban J connectivity index is 2.32. The fourth-order valence-corrected chi connectivity index (χ4v) is 1.49. The van der Waals surface area contributed by atoms with Crippen LogP contribution in [0, 0.1) is 22.7 Å². The highest BCUT2D eigenvalue weighted by Gasteiger charge is 2.19. The number of nitrogens with zero attached hydrogens (tertiary/aromatic N) is 4. The molecular formula is C9H14N4. The van der Waals surface area contributed by atoms with Gasteiger partial charge >= 0.3 is 0 Å². The molecule has 0 aromatic carbocycles. The summed E-state index contributed by atoms with van der Waals surface area (Å²) in [5, 5.41) is 17.2. The van der Waals surface area contributed by atoms with Gasteiger partial charge < -0.3 is 0 Å². The van der Waals surface area contributed by atoms with E-state index in [0.717, 1.165) is 26.2 Å². The highest BCUT2D eigenvalue weighted by atomic mass is 15.3. The van der Waals surface area contributed by atoms with Crippen LogP contribution in [0.5, 0.6) is 0 Å². The SMILES string of the molecule is CC(C#N)N1CCN(CC#N)CC1. The lowest BCUT2D eigenvalue weighted by Crippen LogP contribution is -2.49. The van der Waals surface area contributed by atoms with Crippen molar-refractivity contribution >= 4 is 0 Å². The Morgan fingerprint density at radius 1 is 1.23 bits per heavy atom. The zero-order valence-electron chi connectivity index (χ0n) is 7.90. The van der Waals surface area contributed by atoms with Crippen molar-refractivity contribution in [2.75, 3.05) is 32.7 Å². The first-order chi connectivity index (χ1) is 6.27. The maximum atomic E-state index is 8.70. The van der Waals surface area contributed by atoms with Gasteiger partial charge in [-0.15, -0.1) is 0 Å². The molecule has 0 spiro atoms. The van der Waals surface area contributed by atoms with E-state index in [1.807, 2.05) is 6.92 Å². The lowest BCUT2D eigenvalue weighted by Gasteiger charge is -2.34. The van der Waals surface area contributed by atoms with E-state index in [2.05, 4.69) is 21.9 Å². The second kappa shape index (κ2) is 4.81. The first-order valence-corrected chi connectivity index (χ1v) is 4.51. The summed E-state index contributed by atoms with van der Waals surface area (Å²) in [6.07, 6.45) is 0. The molecule has 1 aliphatic heterocycles. The Bertz CT molecular complexity index is 229. The molecular weight excluding hydrogens is 164 g/mol. The van der Waals surface area contributed by atoms with Gasteiger partial charge in [0, 0.05) is 26.2 Å². The second-order valence-corrected chi connectivity index (χ2v) is 3.28. The lowest BCUT2D eigenvalue weighted by atomic mass is 10.2. The third-order valence-electron chi connectivity index (χ3n) is 2.44. The van der Waals surface area contributed by atoms with Crippen LogP contribution in [-0.4, -0.2) is 48.6 Å². The van der Waals surface area contributed by atoms with E-state index in [4.69, 9.17) is 10.5 Å². The van der Waals surface area contributed by atoms with Gasteiger partial charge in [0.15, 0.2) is 0 Å². The molecule has 0 aromatic heterocycles. The van der Waals surface area contributed by atoms with Crippen LogP contribution in [0.25, 0.3) is 0 Å². The predicted octanol–water partition coefficient (Wildman–Crippen LogP) is 0.0397. The normalized spacial score (nSPS) is 21.8. The van der Waals surface area contributed by atoms with Crippen molar-refractivity contribution in [3.8, 4) is 12.1 Å². The molecule has 0 amide bonds. The third-order valence-corrected chi connectivity index (χ3v) is 2.44. The van der Waals surface area contributed by atoms with Crippen molar-refractivity contribution in [1.29, 1.82) is 10.5 Å². The Labute approximate surface area is 79.0 Å². The van der Waals surface area contributed by atoms with Crippen LogP contribution in [0.2, 0.25) is 0 Å². The van der Waals surface area contributed by atoms with Crippen molar-refractivity contribution in [3.63, 3.8) is 0 Å². The molecule has 1 atom stereocenters. The first-order valence-electron chi connectivity index (χ1n) is 4.51. The van der Waals surface area contributed by atoms with Crippen LogP contribution in [-0.2, 0) is 0 Å². The summed E-state index contributed by atoms with van der Waals surface area (Å²) in [7, 11) is 0. The van der Waals surface area contributed by atoms with Crippen LogP contribution >= 0.6 is 0 Å². The van der Waals surface area contributed by atoms with Gasteiger partial charge in [0.05, 0.1) is 24.7 Å². The summed E-state index contributed by atoms with van der Waals surface area (Å²) in [6.45, 7) is 6.03. The maximum absolute atomic E-state index is 8.70. The quantitative estimate of drug-likeness (QED) is 0.560. The molecule has 1 fully saturated rings. The number of hydrogen-bond acceptors (Lipinski definition) is 4. The van der Waals surface area contributed by atoms with E-state index in [-0.39, 0.29) is 6.04 Å². The van der Waals surface area contributed by atoms with E-state index >= 15 is 0 Å². The Morgan fingerprint density at radius 3 is 2.31 bits per heavy atom. The number of rotatable bonds is 2. The van der Waals surface area contributed by atoms with Crippen LogP contribution < -0.4 is 0 Å². The van der Waals surface area contributed by atoms with Gasteiger partial charge in [0.25, 0.3) is 0 Å². The van der Waals surface area contributed by atoms with Crippen LogP contribution in [0.15, 0.2) is 0 Å². The third kappa shape index (κ3) is 2.69. The van der Waals surface area contributed by atoms with E-state index in [9.17, 15) is 0 Å². The van der Waals surface area contributed by atoms with E-state index in [1.54, 1.807) is 0 Å². The van der Waals surface area contributed by atoms with Crippen molar-refractivity contribution < 1.29 is 0 Å². The van der Waals surface area contributed by atoms with Gasteiger partial charge in [-0.2, -0.15) is 10.5 Å². The molecule has 1 heterocycles. The molecule has 13 heavy (non-hydrogen) atoms. The highest BCUT2D eigenvalue weighted by molar-refractivity contribution is 4.91. The van der Waals surface area contributed by atoms with Crippen molar-refractivity contribution in [2.45, 2.75) is 13.0 Å². The molecule has 0 aromatic rings. The van der Waals surface area contributed by atoms with Gasteiger partial charge in [-0.05, 0) is 6.92 Å². The summed E-state index contributed by atoms with van der Waals surface area (Å²) >= 11 is 0. The average Bonchev–Trinajstić information content (AvgIpc) is 2.18. The lowest BCUT2D eigenvalue weighted by molar-refractivity contribution is 0.129. The highest BCUT2D eigenvalue weighted by Crippen LogP contribution is 2.04. The minimum Gasteiger partial charge on any atom is -0.288 e. The van der Waals surface area contributed by atoms with Gasteiger partial charge in [-0.1, -0.05) is 0 Å². The van der Waals surface area contributed by atoms with Gasteiger partial charge in [-0.3, -0.25) is 9.80 Å². The largest absolute Gasteiger partial charge is 0.288 e. The van der Waals surface area contributed by atoms with Crippen molar-refractivity contribution in [1.82, 2.24) is 9.80 Å². The molecule has 4 heteroatoms. The Morgan fingerprint density at radius 2 is 1.85 bits per heavy atom. The number of nitriles is 2. The second-order valence-electron chi connectivity index (χ2n) is 3.28. The minimum absolute atomic E-state index is 0.00392. The molecule has 0 N–H and O–H groups in total. The molecule has 1 rings (SSSR count). The van der Waals surface area contributed by atoms with Crippen LogP contribution in [0.3, 0.4) is 0 Å². The van der Waals surface area contributed by atoms with E-state index in [1.165, 1.54) is 0 Å². The Hall–Kier alpha value is -1.10. The summed E-state index contributed by atoms with van der Waals surface area (Å²) < 4.78 is 0. The summed E-state index contributed by atoms with van der Waals surface area (Å²) in [5.41, 5.74) is 0. The fraction of sp³-hybridized carbons (Fsp3) is 0.778. The predicted molar refractivity (Wildman–Crippen MR) is 48.7 cm³/mol. The molecule has 0 aliphatic carbocycles. The van der Waals surface area contributed by atoms with Crippen LogP contribution in [0.4, 0.5) is 0 Å². The summed E-state index contributed by atoms with van der Waals surface area (Å²) in [5.74, 6) is 0. The number of hydrogen-bond donors (Lipinski definition) is 0. The van der Waals surface area contributed by atoms with E-state index < -0.39 is 0 Å². The van der Waals surface area contributed by atoms with Crippen LogP contribution in [0.1, 0.15) is 6.92 Å². The van der Waals surface area contributed by atoms with E-state index in [0.29, 0.717) is 6.54 Å². The summed E-state index contributed by atoms with van der Waals surface area (Å²) in [4.78, 5) is 4.26. The first kappa shape index (κ1) is 9.98.